The summed E-state index contributed by atoms with van der Waals surface area (Å²) in [6.45, 7) is 1.06. The van der Waals surface area contributed by atoms with Crippen LogP contribution in [0.25, 0.3) is 0 Å². The lowest BCUT2D eigenvalue weighted by Crippen LogP contribution is -2.15. The Labute approximate surface area is 180 Å². The molecule has 0 bridgehead atoms. The molecule has 0 aliphatic rings. The molecule has 29 heavy (non-hydrogen) atoms. The van der Waals surface area contributed by atoms with Crippen molar-refractivity contribution >= 4 is 36.5 Å². The quantitative estimate of drug-likeness (QED) is 0.142. The van der Waals surface area contributed by atoms with E-state index in [0.717, 1.165) is 19.3 Å². The molecule has 2 heterocycles. The van der Waals surface area contributed by atoms with Gasteiger partial charge < -0.3 is 31.4 Å². The van der Waals surface area contributed by atoms with Crippen molar-refractivity contribution in [2.45, 2.75) is 19.3 Å². The molecule has 0 unspecified atom stereocenters. The number of pyridine rings is 2. The van der Waals surface area contributed by atoms with E-state index in [2.05, 4.69) is 20.3 Å². The van der Waals surface area contributed by atoms with Crippen molar-refractivity contribution in [2.75, 3.05) is 13.2 Å². The third-order valence-electron chi connectivity index (χ3n) is 3.53. The Bertz CT molecular complexity index is 741. The van der Waals surface area contributed by atoms with E-state index in [4.69, 9.17) is 31.4 Å². The maximum Gasteiger partial charge on any atom is 0.188 e. The number of hydrogen-bond donors (Lipinski definition) is 4. The zero-order valence-corrected chi connectivity index (χ0v) is 17.1. The first-order chi connectivity index (χ1) is 13.1. The number of unbranched alkanes of at least 4 members (excludes halogenated alkanes) is 2. The molecule has 0 saturated carbocycles. The average molecular weight is 447 g/mol. The molecule has 0 aliphatic heterocycles. The fraction of sp³-hybridized carbons (Fsp3) is 0.294. The summed E-state index contributed by atoms with van der Waals surface area (Å²) in [7, 11) is 0. The molecule has 0 saturated heterocycles. The Kier molecular flexibility index (Phi) is 12.6. The van der Waals surface area contributed by atoms with Crippen LogP contribution in [-0.4, -0.2) is 45.3 Å². The van der Waals surface area contributed by atoms with E-state index in [-0.39, 0.29) is 36.5 Å². The van der Waals surface area contributed by atoms with Gasteiger partial charge in [0.2, 0.25) is 0 Å². The summed E-state index contributed by atoms with van der Waals surface area (Å²) < 4.78 is 11.3. The van der Waals surface area contributed by atoms with Crippen LogP contribution in [0.3, 0.4) is 0 Å². The Morgan fingerprint density at radius 3 is 1.59 bits per heavy atom. The van der Waals surface area contributed by atoms with E-state index in [0.29, 0.717) is 36.1 Å². The molecule has 0 amide bonds. The van der Waals surface area contributed by atoms with E-state index in [9.17, 15) is 0 Å². The zero-order valence-electron chi connectivity index (χ0n) is 15.5. The van der Waals surface area contributed by atoms with E-state index < -0.39 is 0 Å². The number of hydrogen-bond acceptors (Lipinski definition) is 8. The van der Waals surface area contributed by atoms with Gasteiger partial charge in [0.05, 0.1) is 13.2 Å². The molecular formula is C17H24Cl2N6O4. The van der Waals surface area contributed by atoms with Crippen molar-refractivity contribution < 1.29 is 19.9 Å². The number of nitrogens with zero attached hydrogens (tertiary/aromatic N) is 4. The molecule has 0 spiro atoms. The molecule has 0 aliphatic carbocycles. The van der Waals surface area contributed by atoms with Gasteiger partial charge in [0.25, 0.3) is 0 Å². The fourth-order valence-corrected chi connectivity index (χ4v) is 2.15. The van der Waals surface area contributed by atoms with Crippen LogP contribution in [-0.2, 0) is 0 Å². The number of rotatable bonds is 10. The zero-order chi connectivity index (χ0) is 19.5. The van der Waals surface area contributed by atoms with Crippen LogP contribution < -0.4 is 20.9 Å². The lowest BCUT2D eigenvalue weighted by Gasteiger charge is -2.08. The maximum atomic E-state index is 8.66. The van der Waals surface area contributed by atoms with Crippen molar-refractivity contribution in [2.24, 2.45) is 21.8 Å². The topological polar surface area (TPSA) is 161 Å². The molecule has 0 aromatic carbocycles. The van der Waals surface area contributed by atoms with Gasteiger partial charge in [0, 0.05) is 24.5 Å². The van der Waals surface area contributed by atoms with Crippen molar-refractivity contribution in [3.63, 3.8) is 0 Å². The second-order valence-electron chi connectivity index (χ2n) is 5.48. The van der Waals surface area contributed by atoms with Crippen LogP contribution >= 0.6 is 24.8 Å². The van der Waals surface area contributed by atoms with Crippen LogP contribution in [0, 0.1) is 0 Å². The Balaban J connectivity index is 0.00000392. The van der Waals surface area contributed by atoms with E-state index in [1.165, 1.54) is 12.4 Å². The number of ether oxygens (including phenoxy) is 2. The third kappa shape index (κ3) is 8.71. The minimum Gasteiger partial charge on any atom is -0.493 e. The first kappa shape index (κ1) is 26.0. The predicted molar refractivity (Wildman–Crippen MR) is 113 cm³/mol. The van der Waals surface area contributed by atoms with Gasteiger partial charge in [0.1, 0.15) is 22.9 Å². The number of oxime groups is 2. The summed E-state index contributed by atoms with van der Waals surface area (Å²) in [6.07, 6.45) is 5.67. The molecule has 0 fully saturated rings. The summed E-state index contributed by atoms with van der Waals surface area (Å²) in [5.74, 6) is 1.08. The molecular weight excluding hydrogens is 423 g/mol. The Morgan fingerprint density at radius 2 is 1.21 bits per heavy atom. The van der Waals surface area contributed by atoms with Crippen LogP contribution in [0.1, 0.15) is 30.7 Å². The predicted octanol–water partition coefficient (Wildman–Crippen LogP) is 2.14. The first-order valence-corrected chi connectivity index (χ1v) is 8.27. The third-order valence-corrected chi connectivity index (χ3v) is 3.53. The molecule has 2 aromatic rings. The summed E-state index contributed by atoms with van der Waals surface area (Å²) >= 11 is 0. The average Bonchev–Trinajstić information content (AvgIpc) is 2.72. The molecule has 0 radical (unpaired) electrons. The standard InChI is InChI=1S/C17H22N6O4.2ClH/c18-16(22-24)14-10-12(4-6-20-14)26-8-2-1-3-9-27-13-5-7-21-15(11-13)17(19)23-25;;/h4-7,10-11,24-25H,1-3,8-9H2,(H2,18,22)(H2,19,23);2*1H. The summed E-state index contributed by atoms with van der Waals surface area (Å²) in [5.41, 5.74) is 11.7. The summed E-state index contributed by atoms with van der Waals surface area (Å²) in [5, 5.41) is 23.1. The van der Waals surface area contributed by atoms with Crippen molar-refractivity contribution in [1.29, 1.82) is 0 Å². The highest BCUT2D eigenvalue weighted by Gasteiger charge is 2.04. The minimum atomic E-state index is -0.0658. The van der Waals surface area contributed by atoms with Gasteiger partial charge in [-0.1, -0.05) is 10.3 Å². The van der Waals surface area contributed by atoms with Crippen molar-refractivity contribution in [1.82, 2.24) is 9.97 Å². The highest BCUT2D eigenvalue weighted by Crippen LogP contribution is 2.13. The van der Waals surface area contributed by atoms with Crippen molar-refractivity contribution in [3.8, 4) is 11.5 Å². The Hall–Kier alpha value is -2.98. The van der Waals surface area contributed by atoms with E-state index in [1.54, 1.807) is 24.3 Å². The van der Waals surface area contributed by atoms with Gasteiger partial charge >= 0.3 is 0 Å². The largest absolute Gasteiger partial charge is 0.493 e. The molecule has 0 atom stereocenters. The number of amidine groups is 2. The van der Waals surface area contributed by atoms with Gasteiger partial charge in [-0.25, -0.2) is 0 Å². The second kappa shape index (κ2) is 14.1. The molecule has 2 rings (SSSR count). The number of aromatic nitrogens is 2. The van der Waals surface area contributed by atoms with Crippen LogP contribution in [0.4, 0.5) is 0 Å². The highest BCUT2D eigenvalue weighted by atomic mass is 35.5. The van der Waals surface area contributed by atoms with Gasteiger partial charge in [-0.2, -0.15) is 0 Å². The van der Waals surface area contributed by atoms with Crippen LogP contribution in [0.15, 0.2) is 47.0 Å². The second-order valence-corrected chi connectivity index (χ2v) is 5.48. The van der Waals surface area contributed by atoms with Crippen molar-refractivity contribution in [3.05, 3.63) is 48.0 Å². The van der Waals surface area contributed by atoms with E-state index >= 15 is 0 Å². The maximum absolute atomic E-state index is 8.66. The van der Waals surface area contributed by atoms with Crippen LogP contribution in [0.2, 0.25) is 0 Å². The summed E-state index contributed by atoms with van der Waals surface area (Å²) in [4.78, 5) is 7.97. The summed E-state index contributed by atoms with van der Waals surface area (Å²) in [6, 6.07) is 6.64. The van der Waals surface area contributed by atoms with E-state index in [1.807, 2.05) is 0 Å². The number of nitrogens with two attached hydrogens (primary N) is 2. The van der Waals surface area contributed by atoms with Crippen LogP contribution in [0.5, 0.6) is 11.5 Å². The molecule has 12 heteroatoms. The normalized spacial score (nSPS) is 11.2. The molecule has 2 aromatic heterocycles. The highest BCUT2D eigenvalue weighted by molar-refractivity contribution is 5.95. The molecule has 160 valence electrons. The van der Waals surface area contributed by atoms with Gasteiger partial charge in [-0.05, 0) is 31.4 Å². The van der Waals surface area contributed by atoms with Gasteiger partial charge in [-0.15, -0.1) is 24.8 Å². The molecule has 6 N–H and O–H groups in total. The monoisotopic (exact) mass is 446 g/mol. The molecule has 10 nitrogen and oxygen atoms in total. The fourth-order valence-electron chi connectivity index (χ4n) is 2.15. The lowest BCUT2D eigenvalue weighted by molar-refractivity contribution is 0.279. The smallest absolute Gasteiger partial charge is 0.188 e. The van der Waals surface area contributed by atoms with Gasteiger partial charge in [0.15, 0.2) is 11.7 Å². The Morgan fingerprint density at radius 1 is 0.793 bits per heavy atom. The first-order valence-electron chi connectivity index (χ1n) is 8.27. The van der Waals surface area contributed by atoms with Gasteiger partial charge in [-0.3, -0.25) is 9.97 Å². The SMILES string of the molecule is Cl.Cl.N/C(=N\O)c1cc(OCCCCCOc2ccnc(/C(N)=N/O)c2)ccn1. The minimum absolute atomic E-state index is 0. The lowest BCUT2D eigenvalue weighted by atomic mass is 10.2. The number of halogens is 2.